The average Bonchev–Trinajstić information content (AvgIpc) is 3.31. The SMILES string of the molecule is O=C1C(=Cc2ccc(-c3ccccc3OC(F)(F)F)o2)SC(=S)N1c1cccc([N+](=O)[O-])c1. The normalized spacial score (nSPS) is 15.4. The van der Waals surface area contributed by atoms with E-state index in [1.165, 1.54) is 60.7 Å². The molecule has 33 heavy (non-hydrogen) atoms. The summed E-state index contributed by atoms with van der Waals surface area (Å²) in [6.07, 6.45) is -3.47. The minimum atomic E-state index is -4.87. The number of anilines is 1. The highest BCUT2D eigenvalue weighted by Crippen LogP contribution is 2.39. The molecule has 1 aliphatic heterocycles. The van der Waals surface area contributed by atoms with Crippen molar-refractivity contribution < 1.29 is 32.0 Å². The van der Waals surface area contributed by atoms with E-state index in [1.54, 1.807) is 0 Å². The number of ether oxygens (including phenoxy) is 1. The van der Waals surface area contributed by atoms with Crippen molar-refractivity contribution in [1.82, 2.24) is 0 Å². The van der Waals surface area contributed by atoms with Gasteiger partial charge in [0.2, 0.25) is 0 Å². The number of alkyl halides is 3. The molecule has 1 fully saturated rings. The van der Waals surface area contributed by atoms with Gasteiger partial charge in [0.25, 0.3) is 11.6 Å². The molecule has 4 rings (SSSR count). The number of carbonyl (C=O) groups is 1. The zero-order valence-electron chi connectivity index (χ0n) is 16.2. The molecular formula is C21H11F3N2O5S2. The van der Waals surface area contributed by atoms with Gasteiger partial charge >= 0.3 is 6.36 Å². The standard InChI is InChI=1S/C21H11F3N2O5S2/c22-21(23,24)31-17-7-2-1-6-15(17)16-9-8-14(30-16)11-18-19(27)25(20(32)33-18)12-4-3-5-13(10-12)26(28)29/h1-11H. The van der Waals surface area contributed by atoms with Gasteiger partial charge < -0.3 is 9.15 Å². The van der Waals surface area contributed by atoms with Crippen LogP contribution in [0.1, 0.15) is 5.76 Å². The number of non-ortho nitro benzene ring substituents is 1. The molecule has 1 amide bonds. The van der Waals surface area contributed by atoms with Crippen molar-refractivity contribution in [2.45, 2.75) is 6.36 Å². The van der Waals surface area contributed by atoms with Crippen LogP contribution >= 0.6 is 24.0 Å². The molecule has 1 aliphatic rings. The van der Waals surface area contributed by atoms with Crippen molar-refractivity contribution in [3.8, 4) is 17.1 Å². The van der Waals surface area contributed by atoms with E-state index < -0.39 is 22.9 Å². The summed E-state index contributed by atoms with van der Waals surface area (Å²) >= 11 is 6.22. The van der Waals surface area contributed by atoms with Crippen molar-refractivity contribution in [2.75, 3.05) is 4.90 Å². The lowest BCUT2D eigenvalue weighted by molar-refractivity contribution is -0.384. The lowest BCUT2D eigenvalue weighted by atomic mass is 10.1. The van der Waals surface area contributed by atoms with E-state index in [2.05, 4.69) is 4.74 Å². The van der Waals surface area contributed by atoms with Gasteiger partial charge in [0.1, 0.15) is 17.3 Å². The molecule has 0 radical (unpaired) electrons. The second-order valence-corrected chi connectivity index (χ2v) is 8.22. The summed E-state index contributed by atoms with van der Waals surface area (Å²) in [5, 5.41) is 11.0. The second kappa shape index (κ2) is 8.71. The lowest BCUT2D eigenvalue weighted by Gasteiger charge is -2.13. The van der Waals surface area contributed by atoms with Gasteiger partial charge in [0.15, 0.2) is 4.32 Å². The zero-order chi connectivity index (χ0) is 23.8. The summed E-state index contributed by atoms with van der Waals surface area (Å²) < 4.78 is 47.9. The number of nitro groups is 1. The number of thioether (sulfide) groups is 1. The molecular weight excluding hydrogens is 481 g/mol. The van der Waals surface area contributed by atoms with Crippen LogP contribution in [0.5, 0.6) is 5.75 Å². The van der Waals surface area contributed by atoms with E-state index in [0.29, 0.717) is 0 Å². The third-order valence-corrected chi connectivity index (χ3v) is 5.67. The van der Waals surface area contributed by atoms with Gasteiger partial charge in [-0.1, -0.05) is 42.2 Å². The maximum absolute atomic E-state index is 12.9. The van der Waals surface area contributed by atoms with E-state index in [4.69, 9.17) is 16.6 Å². The van der Waals surface area contributed by atoms with Crippen molar-refractivity contribution in [2.24, 2.45) is 0 Å². The van der Waals surface area contributed by atoms with Gasteiger partial charge in [-0.3, -0.25) is 19.8 Å². The first-order valence-electron chi connectivity index (χ1n) is 9.10. The van der Waals surface area contributed by atoms with Gasteiger partial charge in [0.05, 0.1) is 21.1 Å². The number of para-hydroxylation sites is 1. The number of rotatable bonds is 5. The molecule has 0 spiro atoms. The lowest BCUT2D eigenvalue weighted by Crippen LogP contribution is -2.27. The summed E-state index contributed by atoms with van der Waals surface area (Å²) in [6.45, 7) is 0. The van der Waals surface area contributed by atoms with Crippen LogP contribution in [0.25, 0.3) is 17.4 Å². The third-order valence-electron chi connectivity index (χ3n) is 4.37. The van der Waals surface area contributed by atoms with Gasteiger partial charge in [0, 0.05) is 18.2 Å². The van der Waals surface area contributed by atoms with Crippen LogP contribution in [0, 0.1) is 10.1 Å². The maximum Gasteiger partial charge on any atom is 0.573 e. The number of carbonyl (C=O) groups excluding carboxylic acids is 1. The Morgan fingerprint density at radius 1 is 1.12 bits per heavy atom. The Bertz CT molecular complexity index is 1300. The maximum atomic E-state index is 12.9. The molecule has 1 saturated heterocycles. The van der Waals surface area contributed by atoms with Crippen molar-refractivity contribution in [3.63, 3.8) is 0 Å². The van der Waals surface area contributed by atoms with Crippen LogP contribution in [-0.4, -0.2) is 21.5 Å². The fraction of sp³-hybridized carbons (Fsp3) is 0.0476. The first-order valence-corrected chi connectivity index (χ1v) is 10.3. The highest BCUT2D eigenvalue weighted by Gasteiger charge is 2.35. The van der Waals surface area contributed by atoms with Crippen molar-refractivity contribution in [1.29, 1.82) is 0 Å². The number of thiocarbonyl (C=S) groups is 1. The Labute approximate surface area is 193 Å². The highest BCUT2D eigenvalue weighted by molar-refractivity contribution is 8.27. The Balaban J connectivity index is 1.61. The minimum Gasteiger partial charge on any atom is -0.457 e. The molecule has 0 unspecified atom stereocenters. The Morgan fingerprint density at radius 3 is 2.61 bits per heavy atom. The molecule has 2 aromatic carbocycles. The van der Waals surface area contributed by atoms with Crippen LogP contribution < -0.4 is 9.64 Å². The monoisotopic (exact) mass is 492 g/mol. The average molecular weight is 492 g/mol. The number of hydrogen-bond donors (Lipinski definition) is 0. The molecule has 3 aromatic rings. The minimum absolute atomic E-state index is 0.0821. The second-order valence-electron chi connectivity index (χ2n) is 6.54. The smallest absolute Gasteiger partial charge is 0.457 e. The molecule has 7 nitrogen and oxygen atoms in total. The summed E-state index contributed by atoms with van der Waals surface area (Å²) in [5.74, 6) is -0.631. The molecule has 0 saturated carbocycles. The summed E-state index contributed by atoms with van der Waals surface area (Å²) in [5.41, 5.74) is 0.132. The van der Waals surface area contributed by atoms with Crippen molar-refractivity contribution in [3.05, 3.63) is 81.4 Å². The van der Waals surface area contributed by atoms with Gasteiger partial charge in [-0.05, 0) is 30.3 Å². The third kappa shape index (κ3) is 4.91. The highest BCUT2D eigenvalue weighted by atomic mass is 32.2. The number of furan rings is 1. The first-order chi connectivity index (χ1) is 15.6. The number of hydrogen-bond acceptors (Lipinski definition) is 7. The Morgan fingerprint density at radius 2 is 1.88 bits per heavy atom. The van der Waals surface area contributed by atoms with Gasteiger partial charge in [-0.2, -0.15) is 0 Å². The number of halogens is 3. The van der Waals surface area contributed by atoms with E-state index >= 15 is 0 Å². The largest absolute Gasteiger partial charge is 0.573 e. The van der Waals surface area contributed by atoms with E-state index in [0.717, 1.165) is 22.7 Å². The van der Waals surface area contributed by atoms with E-state index in [-0.39, 0.29) is 37.7 Å². The fourth-order valence-electron chi connectivity index (χ4n) is 3.02. The predicted molar refractivity (Wildman–Crippen MR) is 120 cm³/mol. The van der Waals surface area contributed by atoms with Crippen LogP contribution in [0.4, 0.5) is 24.5 Å². The van der Waals surface area contributed by atoms with Gasteiger partial charge in [-0.15, -0.1) is 13.2 Å². The molecule has 12 heteroatoms. The molecule has 2 heterocycles. The number of benzene rings is 2. The molecule has 0 bridgehead atoms. The number of amides is 1. The topological polar surface area (TPSA) is 85.8 Å². The molecule has 0 aliphatic carbocycles. The zero-order valence-corrected chi connectivity index (χ0v) is 17.9. The molecule has 168 valence electrons. The Hall–Kier alpha value is -3.64. The summed E-state index contributed by atoms with van der Waals surface area (Å²) in [6, 6.07) is 13.9. The molecule has 1 aromatic heterocycles. The van der Waals surface area contributed by atoms with Crippen LogP contribution in [0.3, 0.4) is 0 Å². The number of nitro benzene ring substituents is 1. The molecule has 0 N–H and O–H groups in total. The van der Waals surface area contributed by atoms with E-state index in [1.807, 2.05) is 0 Å². The Kier molecular flexibility index (Phi) is 5.95. The van der Waals surface area contributed by atoms with Crippen molar-refractivity contribution >= 4 is 51.7 Å². The van der Waals surface area contributed by atoms with Crippen LogP contribution in [0.2, 0.25) is 0 Å². The van der Waals surface area contributed by atoms with Crippen LogP contribution in [-0.2, 0) is 4.79 Å². The van der Waals surface area contributed by atoms with Crippen LogP contribution in [0.15, 0.2) is 70.0 Å². The predicted octanol–water partition coefficient (Wildman–Crippen LogP) is 6.16. The van der Waals surface area contributed by atoms with E-state index in [9.17, 15) is 28.1 Å². The first kappa shape index (κ1) is 22.6. The molecule has 0 atom stereocenters. The summed E-state index contributed by atoms with van der Waals surface area (Å²) in [4.78, 5) is 24.7. The summed E-state index contributed by atoms with van der Waals surface area (Å²) in [7, 11) is 0. The quantitative estimate of drug-likeness (QED) is 0.183. The fourth-order valence-corrected chi connectivity index (χ4v) is 4.30. The number of nitrogens with zero attached hydrogens (tertiary/aromatic N) is 2. The van der Waals surface area contributed by atoms with Gasteiger partial charge in [-0.25, -0.2) is 0 Å².